The summed E-state index contributed by atoms with van der Waals surface area (Å²) in [4.78, 5) is 0. The van der Waals surface area contributed by atoms with Gasteiger partial charge >= 0.3 is 0 Å². The van der Waals surface area contributed by atoms with Crippen LogP contribution in [0.15, 0.2) is 29.8 Å². The molecule has 0 spiro atoms. The minimum absolute atomic E-state index is 0.583. The zero-order chi connectivity index (χ0) is 12.8. The van der Waals surface area contributed by atoms with Crippen molar-refractivity contribution in [3.63, 3.8) is 0 Å². The molecule has 1 unspecified atom stereocenters. The van der Waals surface area contributed by atoms with Crippen LogP contribution in [0, 0.1) is 6.92 Å². The van der Waals surface area contributed by atoms with E-state index in [0.717, 1.165) is 12.2 Å². The molecule has 0 aliphatic carbocycles. The zero-order valence-corrected chi connectivity index (χ0v) is 11.7. The van der Waals surface area contributed by atoms with Crippen LogP contribution in [-0.2, 0) is 0 Å². The van der Waals surface area contributed by atoms with Gasteiger partial charge in [0, 0.05) is 0 Å². The van der Waals surface area contributed by atoms with Gasteiger partial charge in [0.25, 0.3) is 0 Å². The third-order valence-electron chi connectivity index (χ3n) is 3.15. The number of aryl methyl sites for hydroxylation is 1. The number of allylic oxidation sites excluding steroid dienone is 2. The van der Waals surface area contributed by atoms with E-state index >= 15 is 0 Å². The lowest BCUT2D eigenvalue weighted by atomic mass is 9.94. The van der Waals surface area contributed by atoms with E-state index in [9.17, 15) is 0 Å². The number of hydrogen-bond acceptors (Lipinski definition) is 1. The minimum Gasteiger partial charge on any atom is -0.496 e. The van der Waals surface area contributed by atoms with Crippen molar-refractivity contribution in [2.75, 3.05) is 7.11 Å². The van der Waals surface area contributed by atoms with Gasteiger partial charge in [0.05, 0.1) is 7.11 Å². The Balaban J connectivity index is 2.68. The molecule has 0 amide bonds. The molecule has 0 aliphatic heterocycles. The lowest BCUT2D eigenvalue weighted by Crippen LogP contribution is -1.95. The van der Waals surface area contributed by atoms with Crippen LogP contribution in [0.1, 0.15) is 50.7 Å². The molecular weight excluding hydrogens is 208 g/mol. The maximum atomic E-state index is 5.37. The van der Waals surface area contributed by atoms with Crippen LogP contribution in [0.4, 0.5) is 0 Å². The third-order valence-corrected chi connectivity index (χ3v) is 3.15. The van der Waals surface area contributed by atoms with E-state index in [1.165, 1.54) is 23.1 Å². The third kappa shape index (κ3) is 4.26. The SMILES string of the molecule is COc1cc(C(C)CCC=C(C)C)ccc1C. The van der Waals surface area contributed by atoms with Crippen LogP contribution in [0.25, 0.3) is 0 Å². The van der Waals surface area contributed by atoms with Gasteiger partial charge in [0.1, 0.15) is 5.75 Å². The Bertz CT molecular complexity index is 387. The molecule has 1 nitrogen and oxygen atoms in total. The van der Waals surface area contributed by atoms with Gasteiger partial charge in [-0.2, -0.15) is 0 Å². The molecule has 1 atom stereocenters. The first kappa shape index (κ1) is 13.8. The Kier molecular flexibility index (Phi) is 5.27. The maximum Gasteiger partial charge on any atom is 0.122 e. The van der Waals surface area contributed by atoms with Crippen molar-refractivity contribution >= 4 is 0 Å². The summed E-state index contributed by atoms with van der Waals surface area (Å²) in [5.74, 6) is 1.58. The summed E-state index contributed by atoms with van der Waals surface area (Å²) >= 11 is 0. The Morgan fingerprint density at radius 3 is 2.65 bits per heavy atom. The normalized spacial score (nSPS) is 12.1. The fraction of sp³-hybridized carbons (Fsp3) is 0.500. The summed E-state index contributed by atoms with van der Waals surface area (Å²) in [7, 11) is 1.74. The van der Waals surface area contributed by atoms with Gasteiger partial charge in [-0.15, -0.1) is 0 Å². The Hall–Kier alpha value is -1.24. The molecule has 0 aromatic heterocycles. The number of benzene rings is 1. The Morgan fingerprint density at radius 2 is 2.06 bits per heavy atom. The predicted octanol–water partition coefficient (Wildman–Crippen LogP) is 4.85. The number of ether oxygens (including phenoxy) is 1. The molecule has 0 saturated carbocycles. The molecule has 1 aromatic rings. The standard InChI is InChI=1S/C16H24O/c1-12(2)7-6-8-13(3)15-10-9-14(4)16(11-15)17-5/h7,9-11,13H,6,8H2,1-5H3. The molecule has 0 bridgehead atoms. The molecule has 1 aromatic carbocycles. The fourth-order valence-corrected chi connectivity index (χ4v) is 1.93. The summed E-state index contributed by atoms with van der Waals surface area (Å²) in [5, 5.41) is 0. The Morgan fingerprint density at radius 1 is 1.35 bits per heavy atom. The highest BCUT2D eigenvalue weighted by atomic mass is 16.5. The van der Waals surface area contributed by atoms with Crippen LogP contribution in [0.3, 0.4) is 0 Å². The first-order valence-corrected chi connectivity index (χ1v) is 6.32. The van der Waals surface area contributed by atoms with Crippen LogP contribution in [0.2, 0.25) is 0 Å². The smallest absolute Gasteiger partial charge is 0.122 e. The fourth-order valence-electron chi connectivity index (χ4n) is 1.93. The number of methoxy groups -OCH3 is 1. The topological polar surface area (TPSA) is 9.23 Å². The van der Waals surface area contributed by atoms with Gasteiger partial charge in [-0.1, -0.05) is 30.7 Å². The van der Waals surface area contributed by atoms with Crippen molar-refractivity contribution < 1.29 is 4.74 Å². The van der Waals surface area contributed by atoms with Crippen LogP contribution >= 0.6 is 0 Å². The molecule has 0 heterocycles. The highest BCUT2D eigenvalue weighted by Crippen LogP contribution is 2.27. The van der Waals surface area contributed by atoms with E-state index in [0.29, 0.717) is 5.92 Å². The van der Waals surface area contributed by atoms with E-state index in [4.69, 9.17) is 4.74 Å². The highest BCUT2D eigenvalue weighted by molar-refractivity contribution is 5.37. The van der Waals surface area contributed by atoms with Gasteiger partial charge in [-0.3, -0.25) is 0 Å². The van der Waals surface area contributed by atoms with E-state index < -0.39 is 0 Å². The van der Waals surface area contributed by atoms with Crippen LogP contribution in [-0.4, -0.2) is 7.11 Å². The maximum absolute atomic E-state index is 5.37. The van der Waals surface area contributed by atoms with E-state index in [-0.39, 0.29) is 0 Å². The second kappa shape index (κ2) is 6.48. The van der Waals surface area contributed by atoms with Crippen molar-refractivity contribution in [2.24, 2.45) is 0 Å². The highest BCUT2D eigenvalue weighted by Gasteiger charge is 2.07. The average Bonchev–Trinajstić information content (AvgIpc) is 2.29. The molecular formula is C16H24O. The van der Waals surface area contributed by atoms with Crippen molar-refractivity contribution in [3.05, 3.63) is 41.0 Å². The number of hydrogen-bond donors (Lipinski definition) is 0. The molecule has 17 heavy (non-hydrogen) atoms. The first-order chi connectivity index (χ1) is 8.04. The van der Waals surface area contributed by atoms with Gasteiger partial charge < -0.3 is 4.74 Å². The van der Waals surface area contributed by atoms with E-state index in [1.54, 1.807) is 7.11 Å². The van der Waals surface area contributed by atoms with Crippen molar-refractivity contribution in [2.45, 2.75) is 46.5 Å². The lowest BCUT2D eigenvalue weighted by molar-refractivity contribution is 0.410. The molecule has 0 N–H and O–H groups in total. The molecule has 0 fully saturated rings. The summed E-state index contributed by atoms with van der Waals surface area (Å²) in [6.07, 6.45) is 4.65. The average molecular weight is 232 g/mol. The van der Waals surface area contributed by atoms with Crippen LogP contribution < -0.4 is 4.74 Å². The van der Waals surface area contributed by atoms with E-state index in [1.807, 2.05) is 0 Å². The largest absolute Gasteiger partial charge is 0.496 e. The lowest BCUT2D eigenvalue weighted by Gasteiger charge is -2.13. The van der Waals surface area contributed by atoms with Gasteiger partial charge in [0.15, 0.2) is 0 Å². The molecule has 94 valence electrons. The molecule has 0 saturated heterocycles. The monoisotopic (exact) mass is 232 g/mol. The second-order valence-corrected chi connectivity index (χ2v) is 4.99. The second-order valence-electron chi connectivity index (χ2n) is 4.99. The molecule has 1 heteroatoms. The Labute approximate surface area is 106 Å². The summed E-state index contributed by atoms with van der Waals surface area (Å²) in [6, 6.07) is 6.53. The molecule has 1 rings (SSSR count). The van der Waals surface area contributed by atoms with E-state index in [2.05, 4.69) is 52.0 Å². The van der Waals surface area contributed by atoms with Gasteiger partial charge in [-0.25, -0.2) is 0 Å². The number of rotatable bonds is 5. The predicted molar refractivity (Wildman–Crippen MR) is 74.8 cm³/mol. The first-order valence-electron chi connectivity index (χ1n) is 6.32. The van der Waals surface area contributed by atoms with Gasteiger partial charge in [0.2, 0.25) is 0 Å². The summed E-state index contributed by atoms with van der Waals surface area (Å²) in [5.41, 5.74) is 3.97. The van der Waals surface area contributed by atoms with Crippen LogP contribution in [0.5, 0.6) is 5.75 Å². The van der Waals surface area contributed by atoms with Gasteiger partial charge in [-0.05, 0) is 56.7 Å². The quantitative estimate of drug-likeness (QED) is 0.659. The molecule has 0 aliphatic rings. The molecule has 0 radical (unpaired) electrons. The van der Waals surface area contributed by atoms with Crippen molar-refractivity contribution in [1.82, 2.24) is 0 Å². The van der Waals surface area contributed by atoms with Crippen molar-refractivity contribution in [3.8, 4) is 5.75 Å². The van der Waals surface area contributed by atoms with Crippen molar-refractivity contribution in [1.29, 1.82) is 0 Å². The summed E-state index contributed by atoms with van der Waals surface area (Å²) in [6.45, 7) is 8.67. The summed E-state index contributed by atoms with van der Waals surface area (Å²) < 4.78 is 5.37. The minimum atomic E-state index is 0.583. The zero-order valence-electron chi connectivity index (χ0n) is 11.7.